The lowest BCUT2D eigenvalue weighted by Crippen LogP contribution is -2.30. The summed E-state index contributed by atoms with van der Waals surface area (Å²) >= 11 is 5.94. The van der Waals surface area contributed by atoms with Crippen LogP contribution in [0.4, 0.5) is 5.82 Å². The molecule has 6 nitrogen and oxygen atoms in total. The number of nitrogens with two attached hydrogens (primary N) is 1. The van der Waals surface area contributed by atoms with E-state index in [0.29, 0.717) is 5.02 Å². The molecule has 1 unspecified atom stereocenters. The molecule has 0 aliphatic heterocycles. The van der Waals surface area contributed by atoms with Gasteiger partial charge in [-0.05, 0) is 34.9 Å². The SMILES string of the molecule is CC(c1cccc(Cl)c1)N(C)C(=O)c1nonc1N. The van der Waals surface area contributed by atoms with Gasteiger partial charge in [-0.1, -0.05) is 23.7 Å². The normalized spacial score (nSPS) is 12.2. The van der Waals surface area contributed by atoms with Gasteiger partial charge < -0.3 is 10.6 Å². The summed E-state index contributed by atoms with van der Waals surface area (Å²) in [7, 11) is 1.65. The first-order valence-corrected chi connectivity index (χ1v) is 5.99. The second-order valence-electron chi connectivity index (χ2n) is 4.15. The number of carbonyl (C=O) groups is 1. The molecule has 1 heterocycles. The third kappa shape index (κ3) is 2.68. The summed E-state index contributed by atoms with van der Waals surface area (Å²) in [5, 5.41) is 7.51. The number of nitrogens with zero attached hydrogens (tertiary/aromatic N) is 3. The van der Waals surface area contributed by atoms with Gasteiger partial charge in [0.1, 0.15) is 0 Å². The summed E-state index contributed by atoms with van der Waals surface area (Å²) in [4.78, 5) is 13.7. The molecule has 0 spiro atoms. The number of nitrogen functional groups attached to an aromatic ring is 1. The minimum atomic E-state index is -0.355. The van der Waals surface area contributed by atoms with Crippen LogP contribution in [0.5, 0.6) is 0 Å². The molecule has 1 amide bonds. The average molecular weight is 281 g/mol. The molecule has 2 aromatic rings. The predicted octanol–water partition coefficient (Wildman–Crippen LogP) is 2.14. The standard InChI is InChI=1S/C12H13ClN4O2/c1-7(8-4-3-5-9(13)6-8)17(2)12(18)10-11(14)16-19-15-10/h3-7H,1-2H3,(H2,14,16). The summed E-state index contributed by atoms with van der Waals surface area (Å²) in [5.41, 5.74) is 6.43. The molecule has 1 aromatic carbocycles. The summed E-state index contributed by atoms with van der Waals surface area (Å²) in [6, 6.07) is 7.13. The predicted molar refractivity (Wildman–Crippen MR) is 70.7 cm³/mol. The van der Waals surface area contributed by atoms with E-state index >= 15 is 0 Å². The first-order valence-electron chi connectivity index (χ1n) is 5.61. The van der Waals surface area contributed by atoms with Crippen LogP contribution in [0.1, 0.15) is 29.0 Å². The molecule has 1 aromatic heterocycles. The van der Waals surface area contributed by atoms with E-state index < -0.39 is 0 Å². The maximum absolute atomic E-state index is 12.2. The van der Waals surface area contributed by atoms with Crippen molar-refractivity contribution < 1.29 is 9.42 Å². The molecule has 7 heteroatoms. The number of halogens is 1. The Balaban J connectivity index is 2.22. The molecule has 0 bridgehead atoms. The summed E-state index contributed by atoms with van der Waals surface area (Å²) in [6.07, 6.45) is 0. The zero-order valence-electron chi connectivity index (χ0n) is 10.5. The van der Waals surface area contributed by atoms with E-state index in [9.17, 15) is 4.79 Å². The number of benzene rings is 1. The Hall–Kier alpha value is -2.08. The van der Waals surface area contributed by atoms with E-state index in [1.165, 1.54) is 4.90 Å². The van der Waals surface area contributed by atoms with Crippen molar-refractivity contribution in [2.24, 2.45) is 0 Å². The lowest BCUT2D eigenvalue weighted by molar-refractivity contribution is 0.0732. The van der Waals surface area contributed by atoms with Crippen molar-refractivity contribution in [3.8, 4) is 0 Å². The molecule has 1 atom stereocenters. The molecule has 100 valence electrons. The van der Waals surface area contributed by atoms with Gasteiger partial charge in [0, 0.05) is 12.1 Å². The molecule has 19 heavy (non-hydrogen) atoms. The van der Waals surface area contributed by atoms with Crippen LogP contribution in [0.2, 0.25) is 5.02 Å². The highest BCUT2D eigenvalue weighted by atomic mass is 35.5. The Bertz CT molecular complexity index is 599. The van der Waals surface area contributed by atoms with Crippen LogP contribution in [0.15, 0.2) is 28.9 Å². The van der Waals surface area contributed by atoms with Gasteiger partial charge in [-0.25, -0.2) is 4.63 Å². The van der Waals surface area contributed by atoms with Crippen molar-refractivity contribution in [3.63, 3.8) is 0 Å². The van der Waals surface area contributed by atoms with Crippen LogP contribution >= 0.6 is 11.6 Å². The molecular weight excluding hydrogens is 268 g/mol. The monoisotopic (exact) mass is 280 g/mol. The van der Waals surface area contributed by atoms with Crippen LogP contribution in [-0.4, -0.2) is 28.2 Å². The fourth-order valence-electron chi connectivity index (χ4n) is 1.68. The van der Waals surface area contributed by atoms with E-state index in [0.717, 1.165) is 5.56 Å². The van der Waals surface area contributed by atoms with Crippen molar-refractivity contribution in [2.75, 3.05) is 12.8 Å². The Morgan fingerprint density at radius 1 is 1.47 bits per heavy atom. The smallest absolute Gasteiger partial charge is 0.280 e. The third-order valence-corrected chi connectivity index (χ3v) is 3.18. The first-order chi connectivity index (χ1) is 9.00. The van der Waals surface area contributed by atoms with E-state index in [-0.39, 0.29) is 23.5 Å². The fraction of sp³-hybridized carbons (Fsp3) is 0.250. The molecule has 0 aliphatic rings. The maximum Gasteiger partial charge on any atom is 0.280 e. The van der Waals surface area contributed by atoms with E-state index in [1.54, 1.807) is 19.2 Å². The lowest BCUT2D eigenvalue weighted by Gasteiger charge is -2.24. The van der Waals surface area contributed by atoms with Crippen molar-refractivity contribution in [3.05, 3.63) is 40.5 Å². The average Bonchev–Trinajstić information content (AvgIpc) is 2.82. The van der Waals surface area contributed by atoms with Gasteiger partial charge in [-0.2, -0.15) is 0 Å². The quantitative estimate of drug-likeness (QED) is 0.931. The van der Waals surface area contributed by atoms with E-state index in [2.05, 4.69) is 14.9 Å². The summed E-state index contributed by atoms with van der Waals surface area (Å²) in [6.45, 7) is 1.88. The Labute approximate surface area is 115 Å². The minimum absolute atomic E-state index is 0.0105. The van der Waals surface area contributed by atoms with Crippen LogP contribution in [0, 0.1) is 0 Å². The highest BCUT2D eigenvalue weighted by Gasteiger charge is 2.24. The molecule has 2 rings (SSSR count). The van der Waals surface area contributed by atoms with Gasteiger partial charge in [0.25, 0.3) is 5.91 Å². The number of hydrogen-bond donors (Lipinski definition) is 1. The second kappa shape index (κ2) is 5.27. The van der Waals surface area contributed by atoms with Gasteiger partial charge in [0.2, 0.25) is 11.5 Å². The van der Waals surface area contributed by atoms with E-state index in [1.807, 2.05) is 19.1 Å². The third-order valence-electron chi connectivity index (χ3n) is 2.95. The van der Waals surface area contributed by atoms with Crippen molar-refractivity contribution in [1.29, 1.82) is 0 Å². The zero-order chi connectivity index (χ0) is 14.0. The van der Waals surface area contributed by atoms with Crippen molar-refractivity contribution >= 4 is 23.3 Å². The molecule has 0 saturated heterocycles. The summed E-state index contributed by atoms with van der Waals surface area (Å²) in [5.74, 6) is -0.374. The summed E-state index contributed by atoms with van der Waals surface area (Å²) < 4.78 is 4.43. The van der Waals surface area contributed by atoms with Gasteiger partial charge in [0.05, 0.1) is 6.04 Å². The van der Waals surface area contributed by atoms with Gasteiger partial charge in [-0.3, -0.25) is 4.79 Å². The Morgan fingerprint density at radius 3 is 2.79 bits per heavy atom. The Kier molecular flexibility index (Phi) is 3.71. The van der Waals surface area contributed by atoms with Crippen molar-refractivity contribution in [2.45, 2.75) is 13.0 Å². The fourth-order valence-corrected chi connectivity index (χ4v) is 1.88. The number of anilines is 1. The zero-order valence-corrected chi connectivity index (χ0v) is 11.3. The Morgan fingerprint density at radius 2 is 2.21 bits per heavy atom. The molecule has 0 saturated carbocycles. The molecular formula is C12H13ClN4O2. The van der Waals surface area contributed by atoms with Crippen LogP contribution in [-0.2, 0) is 0 Å². The van der Waals surface area contributed by atoms with Gasteiger partial charge in [-0.15, -0.1) is 0 Å². The topological polar surface area (TPSA) is 85.2 Å². The molecule has 0 aliphatic carbocycles. The molecule has 0 radical (unpaired) electrons. The second-order valence-corrected chi connectivity index (χ2v) is 4.58. The van der Waals surface area contributed by atoms with Crippen LogP contribution in [0.3, 0.4) is 0 Å². The van der Waals surface area contributed by atoms with Gasteiger partial charge in [0.15, 0.2) is 0 Å². The molecule has 2 N–H and O–H groups in total. The highest BCUT2D eigenvalue weighted by molar-refractivity contribution is 6.30. The largest absolute Gasteiger partial charge is 0.379 e. The molecule has 0 fully saturated rings. The number of carbonyl (C=O) groups excluding carboxylic acids is 1. The van der Waals surface area contributed by atoms with Crippen molar-refractivity contribution in [1.82, 2.24) is 15.2 Å². The van der Waals surface area contributed by atoms with Crippen LogP contribution in [0.25, 0.3) is 0 Å². The number of hydrogen-bond acceptors (Lipinski definition) is 5. The number of aromatic nitrogens is 2. The maximum atomic E-state index is 12.2. The number of rotatable bonds is 3. The number of amides is 1. The minimum Gasteiger partial charge on any atom is -0.379 e. The first kappa shape index (κ1) is 13.4. The van der Waals surface area contributed by atoms with E-state index in [4.69, 9.17) is 17.3 Å². The lowest BCUT2D eigenvalue weighted by atomic mass is 10.1. The van der Waals surface area contributed by atoms with Crippen LogP contribution < -0.4 is 5.73 Å². The van der Waals surface area contributed by atoms with Gasteiger partial charge >= 0.3 is 0 Å². The highest BCUT2D eigenvalue weighted by Crippen LogP contribution is 2.23.